The van der Waals surface area contributed by atoms with Gasteiger partial charge in [-0.05, 0) is 95.2 Å². The van der Waals surface area contributed by atoms with Crippen LogP contribution in [0.3, 0.4) is 0 Å². The average molecular weight is 449 g/mol. The summed E-state index contributed by atoms with van der Waals surface area (Å²) in [6, 6.07) is 34.7. The molecule has 0 aliphatic rings. The molecule has 0 amide bonds. The number of aryl methyl sites for hydroxylation is 4. The lowest BCUT2D eigenvalue weighted by Gasteiger charge is -2.26. The zero-order valence-corrected chi connectivity index (χ0v) is 20.4. The third-order valence-corrected chi connectivity index (χ3v) is 6.77. The van der Waals surface area contributed by atoms with Crippen molar-refractivity contribution in [3.8, 4) is 0 Å². The smallest absolute Gasteiger partial charge is 0.0314 e. The number of anilines is 2. The molecular weight excluding hydrogens is 412 g/mol. The Balaban J connectivity index is 1.31. The molecule has 0 bridgehead atoms. The number of rotatable bonds is 9. The fraction of sp³-hybridized carbons (Fsp3) is 0.250. The molecule has 0 atom stereocenters. The Hall–Kier alpha value is -3.52. The summed E-state index contributed by atoms with van der Waals surface area (Å²) in [4.78, 5) is 0. The van der Waals surface area contributed by atoms with Crippen molar-refractivity contribution in [1.29, 1.82) is 0 Å². The third kappa shape index (κ3) is 6.51. The maximum atomic E-state index is 5.79. The first-order valence-electron chi connectivity index (χ1n) is 12.2. The Bertz CT molecular complexity index is 1170. The second-order valence-electron chi connectivity index (χ2n) is 10.1. The van der Waals surface area contributed by atoms with Crippen LogP contribution in [-0.4, -0.2) is 0 Å². The first kappa shape index (κ1) is 23.6. The third-order valence-electron chi connectivity index (χ3n) is 6.77. The van der Waals surface area contributed by atoms with Gasteiger partial charge in [-0.1, -0.05) is 86.6 Å². The number of benzene rings is 4. The van der Waals surface area contributed by atoms with Crippen molar-refractivity contribution in [2.75, 3.05) is 11.5 Å². The van der Waals surface area contributed by atoms with Crippen LogP contribution < -0.4 is 11.5 Å². The van der Waals surface area contributed by atoms with Gasteiger partial charge in [-0.2, -0.15) is 0 Å². The van der Waals surface area contributed by atoms with E-state index in [1.54, 1.807) is 0 Å². The van der Waals surface area contributed by atoms with E-state index in [9.17, 15) is 0 Å². The van der Waals surface area contributed by atoms with Crippen molar-refractivity contribution in [2.45, 2.75) is 51.4 Å². The molecule has 4 N–H and O–H groups in total. The zero-order valence-electron chi connectivity index (χ0n) is 20.4. The van der Waals surface area contributed by atoms with Crippen LogP contribution in [-0.2, 0) is 37.5 Å². The van der Waals surface area contributed by atoms with Crippen molar-refractivity contribution >= 4 is 11.4 Å². The number of nitrogens with two attached hydrogens (primary N) is 2. The largest absolute Gasteiger partial charge is 0.399 e. The molecule has 0 heterocycles. The van der Waals surface area contributed by atoms with Gasteiger partial charge in [0.05, 0.1) is 0 Å². The Morgan fingerprint density at radius 1 is 0.441 bits per heavy atom. The molecule has 34 heavy (non-hydrogen) atoms. The van der Waals surface area contributed by atoms with Gasteiger partial charge in [-0.15, -0.1) is 0 Å². The van der Waals surface area contributed by atoms with Crippen LogP contribution in [0.4, 0.5) is 11.4 Å². The lowest BCUT2D eigenvalue weighted by atomic mass is 9.78. The molecule has 0 saturated carbocycles. The number of hydrogen-bond donors (Lipinski definition) is 2. The van der Waals surface area contributed by atoms with Gasteiger partial charge in [-0.25, -0.2) is 0 Å². The maximum absolute atomic E-state index is 5.79. The molecule has 4 aromatic carbocycles. The Morgan fingerprint density at radius 2 is 0.735 bits per heavy atom. The molecule has 2 heteroatoms. The summed E-state index contributed by atoms with van der Waals surface area (Å²) in [5.74, 6) is 0. The van der Waals surface area contributed by atoms with Gasteiger partial charge in [0, 0.05) is 11.4 Å². The minimum Gasteiger partial charge on any atom is -0.399 e. The van der Waals surface area contributed by atoms with E-state index in [0.717, 1.165) is 43.5 Å². The van der Waals surface area contributed by atoms with Gasteiger partial charge in [0.2, 0.25) is 0 Å². The summed E-state index contributed by atoms with van der Waals surface area (Å²) in [6.07, 6.45) is 5.19. The predicted molar refractivity (Wildman–Crippen MR) is 146 cm³/mol. The number of nitrogen functional groups attached to an aromatic ring is 2. The van der Waals surface area contributed by atoms with E-state index in [0.29, 0.717) is 0 Å². The number of hydrogen-bond acceptors (Lipinski definition) is 2. The average Bonchev–Trinajstić information content (AvgIpc) is 2.84. The highest BCUT2D eigenvalue weighted by molar-refractivity contribution is 5.40. The van der Waals surface area contributed by atoms with E-state index in [4.69, 9.17) is 11.5 Å². The second kappa shape index (κ2) is 10.6. The molecule has 0 saturated heterocycles. The SMILES string of the molecule is CC(C)(Cc1ccc(CCc2ccc(N)cc2)cc1)c1ccc(CCc2ccc(N)cc2)cc1. The molecule has 0 fully saturated rings. The van der Waals surface area contributed by atoms with Crippen LogP contribution in [0.5, 0.6) is 0 Å². The van der Waals surface area contributed by atoms with Crippen molar-refractivity contribution in [3.63, 3.8) is 0 Å². The standard InChI is InChI=1S/C32H36N2/c1-32(2,29-17-11-25(12-18-29)4-6-27-15-21-31(34)22-16-27)23-28-9-7-24(8-10-28)3-5-26-13-19-30(33)20-14-26/h7-22H,3-6,23,33-34H2,1-2H3. The normalized spacial score (nSPS) is 11.5. The van der Waals surface area contributed by atoms with Crippen molar-refractivity contribution < 1.29 is 0 Å². The van der Waals surface area contributed by atoms with Crippen LogP contribution >= 0.6 is 0 Å². The molecule has 174 valence electrons. The summed E-state index contributed by atoms with van der Waals surface area (Å²) in [7, 11) is 0. The van der Waals surface area contributed by atoms with Gasteiger partial charge >= 0.3 is 0 Å². The molecule has 0 aliphatic carbocycles. The Kier molecular flexibility index (Phi) is 7.37. The lowest BCUT2D eigenvalue weighted by Crippen LogP contribution is -2.20. The Morgan fingerprint density at radius 3 is 1.12 bits per heavy atom. The minimum atomic E-state index is 0.0843. The second-order valence-corrected chi connectivity index (χ2v) is 10.1. The maximum Gasteiger partial charge on any atom is 0.0314 e. The first-order valence-corrected chi connectivity index (χ1v) is 12.2. The van der Waals surface area contributed by atoms with Crippen LogP contribution in [0.1, 0.15) is 47.2 Å². The zero-order chi connectivity index (χ0) is 24.0. The first-order chi connectivity index (χ1) is 16.4. The molecular formula is C32H36N2. The highest BCUT2D eigenvalue weighted by Gasteiger charge is 2.21. The van der Waals surface area contributed by atoms with Crippen molar-refractivity contribution in [2.24, 2.45) is 0 Å². The quantitative estimate of drug-likeness (QED) is 0.272. The minimum absolute atomic E-state index is 0.0843. The Labute approximate surface area is 204 Å². The van der Waals surface area contributed by atoms with Gasteiger partial charge in [0.15, 0.2) is 0 Å². The van der Waals surface area contributed by atoms with E-state index in [-0.39, 0.29) is 5.41 Å². The fourth-order valence-electron chi connectivity index (χ4n) is 4.50. The summed E-state index contributed by atoms with van der Waals surface area (Å²) in [5, 5.41) is 0. The molecule has 4 rings (SSSR count). The summed E-state index contributed by atoms with van der Waals surface area (Å²) >= 11 is 0. The van der Waals surface area contributed by atoms with Crippen molar-refractivity contribution in [3.05, 3.63) is 130 Å². The topological polar surface area (TPSA) is 52.0 Å². The molecule has 0 aromatic heterocycles. The summed E-state index contributed by atoms with van der Waals surface area (Å²) in [5.41, 5.74) is 21.5. The fourth-order valence-corrected chi connectivity index (χ4v) is 4.50. The van der Waals surface area contributed by atoms with E-state index < -0.39 is 0 Å². The van der Waals surface area contributed by atoms with Gasteiger partial charge < -0.3 is 11.5 Å². The molecule has 4 aromatic rings. The van der Waals surface area contributed by atoms with Gasteiger partial charge in [0.1, 0.15) is 0 Å². The van der Waals surface area contributed by atoms with Crippen LogP contribution in [0, 0.1) is 0 Å². The monoisotopic (exact) mass is 448 g/mol. The van der Waals surface area contributed by atoms with Crippen molar-refractivity contribution in [1.82, 2.24) is 0 Å². The van der Waals surface area contributed by atoms with Crippen LogP contribution in [0.15, 0.2) is 97.1 Å². The van der Waals surface area contributed by atoms with E-state index in [1.807, 2.05) is 24.3 Å². The van der Waals surface area contributed by atoms with E-state index in [2.05, 4.69) is 86.6 Å². The predicted octanol–water partition coefficient (Wildman–Crippen LogP) is 6.94. The highest BCUT2D eigenvalue weighted by atomic mass is 14.5. The van der Waals surface area contributed by atoms with Crippen LogP contribution in [0.25, 0.3) is 0 Å². The van der Waals surface area contributed by atoms with E-state index in [1.165, 1.54) is 33.4 Å². The van der Waals surface area contributed by atoms with Crippen LogP contribution in [0.2, 0.25) is 0 Å². The highest BCUT2D eigenvalue weighted by Crippen LogP contribution is 2.28. The molecule has 0 radical (unpaired) electrons. The summed E-state index contributed by atoms with van der Waals surface area (Å²) < 4.78 is 0. The molecule has 0 unspecified atom stereocenters. The van der Waals surface area contributed by atoms with Gasteiger partial charge in [-0.3, -0.25) is 0 Å². The van der Waals surface area contributed by atoms with E-state index >= 15 is 0 Å². The summed E-state index contributed by atoms with van der Waals surface area (Å²) in [6.45, 7) is 4.68. The molecule has 0 aliphatic heterocycles. The van der Waals surface area contributed by atoms with Gasteiger partial charge in [0.25, 0.3) is 0 Å². The molecule has 2 nitrogen and oxygen atoms in total. The molecule has 0 spiro atoms. The lowest BCUT2D eigenvalue weighted by molar-refractivity contribution is 0.522.